The van der Waals surface area contributed by atoms with E-state index < -0.39 is 23.3 Å². The fourth-order valence-electron chi connectivity index (χ4n) is 6.27. The second-order valence-electron chi connectivity index (χ2n) is 10.4. The fourth-order valence-corrected chi connectivity index (χ4v) is 6.27. The van der Waals surface area contributed by atoms with Crippen LogP contribution in [-0.2, 0) is 0 Å². The summed E-state index contributed by atoms with van der Waals surface area (Å²) in [6.07, 6.45) is 16.0. The van der Waals surface area contributed by atoms with Gasteiger partial charge in [-0.2, -0.15) is 0 Å². The molecule has 0 atom stereocenters. The first-order valence-electron chi connectivity index (χ1n) is 12.9. The number of hydrogen-bond acceptors (Lipinski definition) is 0. The monoisotopic (exact) mass is 460 g/mol. The minimum absolute atomic E-state index is 0.244. The van der Waals surface area contributed by atoms with Gasteiger partial charge in [0, 0.05) is 5.56 Å². The molecule has 2 aromatic carbocycles. The molecule has 0 amide bonds. The average molecular weight is 461 g/mol. The molecule has 4 heteroatoms. The Bertz CT molecular complexity index is 904. The van der Waals surface area contributed by atoms with Crippen LogP contribution >= 0.6 is 0 Å². The van der Waals surface area contributed by atoms with Crippen molar-refractivity contribution in [2.75, 3.05) is 0 Å². The highest BCUT2D eigenvalue weighted by Gasteiger charge is 2.31. The molecule has 2 aliphatic carbocycles. The standard InChI is InChI=1S/C29H36F4/c1-2-3-4-5-19-6-8-20(9-7-19)21-10-12-22(13-11-21)23-14-16-24(17-15-23)25-18-26(30)28(32)29(33)27(25)31/h14-22H,2-13H2,1H3. The van der Waals surface area contributed by atoms with Crippen molar-refractivity contribution in [2.24, 2.45) is 17.8 Å². The summed E-state index contributed by atoms with van der Waals surface area (Å²) in [5, 5.41) is 0. The third-order valence-corrected chi connectivity index (χ3v) is 8.34. The van der Waals surface area contributed by atoms with Crippen LogP contribution in [0.4, 0.5) is 17.6 Å². The molecule has 0 unspecified atom stereocenters. The zero-order valence-electron chi connectivity index (χ0n) is 19.7. The van der Waals surface area contributed by atoms with Crippen LogP contribution in [0.1, 0.15) is 95.5 Å². The molecular formula is C29H36F4. The summed E-state index contributed by atoms with van der Waals surface area (Å²) in [4.78, 5) is 0. The van der Waals surface area contributed by atoms with Crippen LogP contribution in [0.2, 0.25) is 0 Å². The van der Waals surface area contributed by atoms with Crippen molar-refractivity contribution in [3.63, 3.8) is 0 Å². The first kappa shape index (κ1) is 24.3. The molecule has 33 heavy (non-hydrogen) atoms. The number of benzene rings is 2. The van der Waals surface area contributed by atoms with E-state index in [0.717, 1.165) is 36.7 Å². The maximum Gasteiger partial charge on any atom is 0.198 e. The molecular weight excluding hydrogens is 424 g/mol. The van der Waals surface area contributed by atoms with Gasteiger partial charge in [0.25, 0.3) is 0 Å². The molecule has 2 aromatic rings. The highest BCUT2D eigenvalue weighted by molar-refractivity contribution is 5.65. The Morgan fingerprint density at radius 3 is 1.91 bits per heavy atom. The lowest BCUT2D eigenvalue weighted by atomic mass is 9.68. The molecule has 0 aliphatic heterocycles. The molecule has 0 aromatic heterocycles. The van der Waals surface area contributed by atoms with E-state index in [1.54, 1.807) is 12.1 Å². The van der Waals surface area contributed by atoms with E-state index in [4.69, 9.17) is 0 Å². The molecule has 180 valence electrons. The van der Waals surface area contributed by atoms with Crippen molar-refractivity contribution in [1.29, 1.82) is 0 Å². The summed E-state index contributed by atoms with van der Waals surface area (Å²) in [6, 6.07) is 7.97. The fraction of sp³-hybridized carbons (Fsp3) is 0.586. The molecule has 0 radical (unpaired) electrons. The van der Waals surface area contributed by atoms with Gasteiger partial charge in [0.1, 0.15) is 0 Å². The number of rotatable bonds is 7. The maximum atomic E-state index is 14.1. The van der Waals surface area contributed by atoms with Crippen molar-refractivity contribution in [1.82, 2.24) is 0 Å². The molecule has 0 N–H and O–H groups in total. The van der Waals surface area contributed by atoms with Gasteiger partial charge in [0.2, 0.25) is 0 Å². The predicted octanol–water partition coefficient (Wildman–Crippen LogP) is 9.57. The topological polar surface area (TPSA) is 0 Å². The van der Waals surface area contributed by atoms with E-state index in [-0.39, 0.29) is 5.56 Å². The molecule has 2 fully saturated rings. The van der Waals surface area contributed by atoms with Crippen molar-refractivity contribution in [2.45, 2.75) is 89.9 Å². The minimum atomic E-state index is -1.77. The van der Waals surface area contributed by atoms with Gasteiger partial charge in [-0.1, -0.05) is 69.7 Å². The van der Waals surface area contributed by atoms with Gasteiger partial charge in [0.15, 0.2) is 23.3 Å². The van der Waals surface area contributed by atoms with Crippen molar-refractivity contribution in [3.8, 4) is 11.1 Å². The summed E-state index contributed by atoms with van der Waals surface area (Å²) >= 11 is 0. The summed E-state index contributed by atoms with van der Waals surface area (Å²) in [7, 11) is 0. The molecule has 0 nitrogen and oxygen atoms in total. The van der Waals surface area contributed by atoms with Crippen molar-refractivity contribution in [3.05, 3.63) is 59.2 Å². The van der Waals surface area contributed by atoms with Crippen LogP contribution < -0.4 is 0 Å². The highest BCUT2D eigenvalue weighted by Crippen LogP contribution is 2.44. The van der Waals surface area contributed by atoms with Gasteiger partial charge in [-0.25, -0.2) is 17.6 Å². The highest BCUT2D eigenvalue weighted by atomic mass is 19.2. The first-order chi connectivity index (χ1) is 16.0. The zero-order valence-corrected chi connectivity index (χ0v) is 19.7. The third-order valence-electron chi connectivity index (χ3n) is 8.34. The lowest BCUT2D eigenvalue weighted by Crippen LogP contribution is -2.25. The van der Waals surface area contributed by atoms with Gasteiger partial charge in [-0.05, 0) is 79.4 Å². The second kappa shape index (κ2) is 11.1. The molecule has 4 rings (SSSR count). The van der Waals surface area contributed by atoms with E-state index in [9.17, 15) is 17.6 Å². The van der Waals surface area contributed by atoms with Gasteiger partial charge in [-0.3, -0.25) is 0 Å². The minimum Gasteiger partial charge on any atom is -0.204 e. The van der Waals surface area contributed by atoms with E-state index in [1.165, 1.54) is 69.8 Å². The van der Waals surface area contributed by atoms with Gasteiger partial charge < -0.3 is 0 Å². The maximum absolute atomic E-state index is 14.1. The van der Waals surface area contributed by atoms with Crippen LogP contribution in [0.15, 0.2) is 30.3 Å². The second-order valence-corrected chi connectivity index (χ2v) is 10.4. The van der Waals surface area contributed by atoms with E-state index in [1.807, 2.05) is 12.1 Å². The van der Waals surface area contributed by atoms with Crippen LogP contribution in [0, 0.1) is 41.0 Å². The van der Waals surface area contributed by atoms with Crippen LogP contribution in [0.5, 0.6) is 0 Å². The Hall–Kier alpha value is -1.84. The summed E-state index contributed by atoms with van der Waals surface area (Å²) in [6.45, 7) is 2.27. The lowest BCUT2D eigenvalue weighted by Gasteiger charge is -2.38. The van der Waals surface area contributed by atoms with Crippen molar-refractivity contribution >= 4 is 0 Å². The third kappa shape index (κ3) is 5.63. The Kier molecular flexibility index (Phi) is 8.14. The summed E-state index contributed by atoms with van der Waals surface area (Å²) in [5.41, 5.74) is 1.31. The molecule has 0 heterocycles. The molecule has 0 bridgehead atoms. The summed E-state index contributed by atoms with van der Waals surface area (Å²) < 4.78 is 54.5. The SMILES string of the molecule is CCCCCC1CCC(C2CCC(c3ccc(-c4cc(F)c(F)c(F)c4F)cc3)CC2)CC1. The molecule has 0 saturated heterocycles. The predicted molar refractivity (Wildman–Crippen MR) is 126 cm³/mol. The van der Waals surface area contributed by atoms with Gasteiger partial charge in [0.05, 0.1) is 0 Å². The summed E-state index contributed by atoms with van der Waals surface area (Å²) in [5.74, 6) is -3.08. The zero-order chi connectivity index (χ0) is 23.4. The Balaban J connectivity index is 1.30. The molecule has 0 spiro atoms. The Labute approximate surface area is 195 Å². The van der Waals surface area contributed by atoms with E-state index in [2.05, 4.69) is 6.92 Å². The largest absolute Gasteiger partial charge is 0.204 e. The Morgan fingerprint density at radius 1 is 0.697 bits per heavy atom. The number of hydrogen-bond donors (Lipinski definition) is 0. The van der Waals surface area contributed by atoms with Crippen LogP contribution in [0.25, 0.3) is 11.1 Å². The first-order valence-corrected chi connectivity index (χ1v) is 12.9. The van der Waals surface area contributed by atoms with Crippen LogP contribution in [-0.4, -0.2) is 0 Å². The van der Waals surface area contributed by atoms with Gasteiger partial charge >= 0.3 is 0 Å². The lowest BCUT2D eigenvalue weighted by molar-refractivity contribution is 0.155. The number of unbranched alkanes of at least 4 members (excludes halogenated alkanes) is 2. The van der Waals surface area contributed by atoms with Gasteiger partial charge in [-0.15, -0.1) is 0 Å². The number of halogens is 4. The van der Waals surface area contributed by atoms with E-state index >= 15 is 0 Å². The normalized spacial score (nSPS) is 25.8. The smallest absolute Gasteiger partial charge is 0.198 e. The van der Waals surface area contributed by atoms with E-state index in [0.29, 0.717) is 11.5 Å². The molecule has 2 aliphatic rings. The quantitative estimate of drug-likeness (QED) is 0.167. The average Bonchev–Trinajstić information content (AvgIpc) is 2.86. The Morgan fingerprint density at radius 2 is 1.30 bits per heavy atom. The van der Waals surface area contributed by atoms with Crippen molar-refractivity contribution < 1.29 is 17.6 Å². The van der Waals surface area contributed by atoms with Crippen LogP contribution in [0.3, 0.4) is 0 Å². The molecule has 2 saturated carbocycles.